The normalized spacial score (nSPS) is 12.0. The number of aromatic nitrogens is 2. The smallest absolute Gasteiger partial charge is 0.413 e. The molecule has 0 bridgehead atoms. The summed E-state index contributed by atoms with van der Waals surface area (Å²) in [7, 11) is 0. The number of benzene rings is 2. The fourth-order valence-corrected chi connectivity index (χ4v) is 5.32. The van der Waals surface area contributed by atoms with Gasteiger partial charge in [0.05, 0.1) is 12.7 Å². The van der Waals surface area contributed by atoms with E-state index in [9.17, 15) is 14.4 Å². The van der Waals surface area contributed by atoms with Gasteiger partial charge in [0, 0.05) is 11.3 Å². The number of carboxylic acids is 1. The van der Waals surface area contributed by atoms with E-state index in [2.05, 4.69) is 32.7 Å². The van der Waals surface area contributed by atoms with Crippen molar-refractivity contribution in [2.24, 2.45) is 0 Å². The molecule has 1 aliphatic rings. The van der Waals surface area contributed by atoms with Gasteiger partial charge in [-0.3, -0.25) is 10.1 Å². The second-order valence-corrected chi connectivity index (χ2v) is 9.57. The Balaban J connectivity index is 1.16. The summed E-state index contributed by atoms with van der Waals surface area (Å²) in [6.07, 6.45) is 0.695. The number of nitrogens with one attached hydrogen (secondary N) is 2. The zero-order valence-corrected chi connectivity index (χ0v) is 19.7. The lowest BCUT2D eigenvalue weighted by Crippen LogP contribution is -2.21. The summed E-state index contributed by atoms with van der Waals surface area (Å²) >= 11 is 2.15. The Labute approximate surface area is 207 Å². The number of amides is 2. The number of carbonyl (C=O) groups excluding carboxylic acids is 2. The molecule has 5 rings (SSSR count). The van der Waals surface area contributed by atoms with Crippen molar-refractivity contribution < 1.29 is 24.2 Å². The van der Waals surface area contributed by atoms with Gasteiger partial charge in [0.1, 0.15) is 16.5 Å². The Morgan fingerprint density at radius 1 is 1.03 bits per heavy atom. The molecule has 35 heavy (non-hydrogen) atoms. The second kappa shape index (κ2) is 9.65. The molecule has 0 fully saturated rings. The number of carbonyl (C=O) groups is 3. The van der Waals surface area contributed by atoms with Crippen LogP contribution in [0.3, 0.4) is 0 Å². The van der Waals surface area contributed by atoms with Crippen LogP contribution in [0.15, 0.2) is 60.1 Å². The summed E-state index contributed by atoms with van der Waals surface area (Å²) in [6, 6.07) is 16.1. The third-order valence-corrected chi connectivity index (χ3v) is 7.21. The van der Waals surface area contributed by atoms with Gasteiger partial charge in [-0.05, 0) is 22.3 Å². The van der Waals surface area contributed by atoms with Gasteiger partial charge in [0.2, 0.25) is 0 Å². The van der Waals surface area contributed by atoms with Crippen molar-refractivity contribution in [1.29, 1.82) is 0 Å². The van der Waals surface area contributed by atoms with Crippen LogP contribution >= 0.6 is 22.7 Å². The highest BCUT2D eigenvalue weighted by Gasteiger charge is 2.29. The number of fused-ring (bicyclic) bond motifs is 3. The Morgan fingerprint density at radius 3 is 2.37 bits per heavy atom. The number of anilines is 1. The highest BCUT2D eigenvalue weighted by Crippen LogP contribution is 2.44. The standard InChI is InChI=1S/C24H18N4O5S2/c29-21(25-10-20-27-18(12-34-20)22(30)31)19-9-26-23(35-19)28-24(32)33-11-17-15-7-3-1-5-13(15)14-6-2-4-8-16(14)17/h1-9,12,17H,10-11H2,(H,25,29)(H,30,31)(H,26,28,32). The topological polar surface area (TPSA) is 131 Å². The molecule has 9 nitrogen and oxygen atoms in total. The minimum atomic E-state index is -1.12. The van der Waals surface area contributed by atoms with Crippen molar-refractivity contribution in [3.8, 4) is 11.1 Å². The number of thiazole rings is 2. The Morgan fingerprint density at radius 2 is 1.71 bits per heavy atom. The van der Waals surface area contributed by atoms with Gasteiger partial charge < -0.3 is 15.2 Å². The minimum Gasteiger partial charge on any atom is -0.476 e. The molecular weight excluding hydrogens is 488 g/mol. The number of nitrogens with zero attached hydrogens (tertiary/aromatic N) is 2. The maximum Gasteiger partial charge on any atom is 0.413 e. The first-order valence-corrected chi connectivity index (χ1v) is 12.2. The maximum absolute atomic E-state index is 12.4. The summed E-state index contributed by atoms with van der Waals surface area (Å²) < 4.78 is 5.50. The fraction of sp³-hybridized carbons (Fsp3) is 0.125. The molecule has 0 radical (unpaired) electrons. The number of hydrogen-bond donors (Lipinski definition) is 3. The van der Waals surface area contributed by atoms with E-state index >= 15 is 0 Å². The Bertz CT molecular complexity index is 1390. The van der Waals surface area contributed by atoms with E-state index in [1.54, 1.807) is 0 Å². The van der Waals surface area contributed by atoms with E-state index in [0.29, 0.717) is 5.01 Å². The minimum absolute atomic E-state index is 0.0571. The highest BCUT2D eigenvalue weighted by molar-refractivity contribution is 7.17. The lowest BCUT2D eigenvalue weighted by Gasteiger charge is -2.14. The van der Waals surface area contributed by atoms with E-state index in [1.807, 2.05) is 36.4 Å². The van der Waals surface area contributed by atoms with Gasteiger partial charge in [0.25, 0.3) is 5.91 Å². The van der Waals surface area contributed by atoms with Crippen molar-refractivity contribution in [3.05, 3.63) is 86.8 Å². The maximum atomic E-state index is 12.4. The number of ether oxygens (including phenoxy) is 1. The summed E-state index contributed by atoms with van der Waals surface area (Å²) in [5.41, 5.74) is 4.46. The largest absolute Gasteiger partial charge is 0.476 e. The Hall–Kier alpha value is -4.09. The molecule has 0 saturated carbocycles. The summed E-state index contributed by atoms with van der Waals surface area (Å²) in [5.74, 6) is -1.58. The first-order valence-electron chi connectivity index (χ1n) is 10.5. The van der Waals surface area contributed by atoms with Gasteiger partial charge in [0.15, 0.2) is 10.8 Å². The first-order chi connectivity index (χ1) is 17.0. The fourth-order valence-electron chi connectivity index (χ4n) is 3.89. The lowest BCUT2D eigenvalue weighted by atomic mass is 9.98. The molecule has 2 heterocycles. The van der Waals surface area contributed by atoms with E-state index in [1.165, 1.54) is 11.6 Å². The predicted octanol–water partition coefficient (Wildman–Crippen LogP) is 4.59. The number of carboxylic acid groups (broad SMARTS) is 1. The van der Waals surface area contributed by atoms with Gasteiger partial charge >= 0.3 is 12.1 Å². The van der Waals surface area contributed by atoms with Crippen LogP contribution in [0, 0.1) is 0 Å². The molecule has 0 unspecified atom stereocenters. The third-order valence-electron chi connectivity index (χ3n) is 5.45. The van der Waals surface area contributed by atoms with Gasteiger partial charge in [-0.25, -0.2) is 19.6 Å². The molecule has 2 aromatic carbocycles. The molecule has 176 valence electrons. The zero-order valence-electron chi connectivity index (χ0n) is 18.1. The van der Waals surface area contributed by atoms with Crippen LogP contribution in [0.2, 0.25) is 0 Å². The van der Waals surface area contributed by atoms with E-state index < -0.39 is 18.0 Å². The molecule has 0 atom stereocenters. The molecule has 3 N–H and O–H groups in total. The van der Waals surface area contributed by atoms with E-state index in [4.69, 9.17) is 9.84 Å². The molecule has 1 aliphatic carbocycles. The van der Waals surface area contributed by atoms with E-state index in [-0.39, 0.29) is 34.8 Å². The van der Waals surface area contributed by atoms with Gasteiger partial charge in [-0.1, -0.05) is 59.9 Å². The zero-order chi connectivity index (χ0) is 24.4. The SMILES string of the molecule is O=C(Nc1ncc(C(=O)NCc2nc(C(=O)O)cs2)s1)OCC1c2ccccc2-c2ccccc21. The molecule has 0 aliphatic heterocycles. The van der Waals surface area contributed by atoms with Crippen LogP contribution in [-0.4, -0.2) is 39.7 Å². The van der Waals surface area contributed by atoms with Crippen LogP contribution in [0.5, 0.6) is 0 Å². The Kier molecular flexibility index (Phi) is 6.25. The quantitative estimate of drug-likeness (QED) is 0.334. The predicted molar refractivity (Wildman–Crippen MR) is 131 cm³/mol. The average molecular weight is 507 g/mol. The highest BCUT2D eigenvalue weighted by atomic mass is 32.1. The van der Waals surface area contributed by atoms with E-state index in [0.717, 1.165) is 44.9 Å². The first kappa shape index (κ1) is 22.7. The van der Waals surface area contributed by atoms with Crippen LogP contribution < -0.4 is 10.6 Å². The van der Waals surface area contributed by atoms with Crippen LogP contribution in [0.1, 0.15) is 42.2 Å². The summed E-state index contributed by atoms with van der Waals surface area (Å²) in [5, 5.41) is 16.3. The average Bonchev–Trinajstić information content (AvgIpc) is 3.59. The number of aromatic carboxylic acids is 1. The monoisotopic (exact) mass is 506 g/mol. The summed E-state index contributed by atoms with van der Waals surface area (Å²) in [4.78, 5) is 44.0. The van der Waals surface area contributed by atoms with Crippen molar-refractivity contribution in [2.75, 3.05) is 11.9 Å². The van der Waals surface area contributed by atoms with Crippen molar-refractivity contribution in [1.82, 2.24) is 15.3 Å². The second-order valence-electron chi connectivity index (χ2n) is 7.59. The molecule has 0 spiro atoms. The lowest BCUT2D eigenvalue weighted by molar-refractivity contribution is 0.0691. The van der Waals surface area contributed by atoms with Crippen molar-refractivity contribution >= 4 is 45.8 Å². The van der Waals surface area contributed by atoms with Crippen LogP contribution in [-0.2, 0) is 11.3 Å². The molecule has 2 aromatic heterocycles. The van der Waals surface area contributed by atoms with Crippen LogP contribution in [0.25, 0.3) is 11.1 Å². The van der Waals surface area contributed by atoms with Crippen molar-refractivity contribution in [3.63, 3.8) is 0 Å². The van der Waals surface area contributed by atoms with Gasteiger partial charge in [-0.15, -0.1) is 11.3 Å². The molecule has 0 saturated heterocycles. The molecule has 4 aromatic rings. The van der Waals surface area contributed by atoms with Crippen molar-refractivity contribution in [2.45, 2.75) is 12.5 Å². The summed E-state index contributed by atoms with van der Waals surface area (Å²) in [6.45, 7) is 0.258. The van der Waals surface area contributed by atoms with Gasteiger partial charge in [-0.2, -0.15) is 0 Å². The molecular formula is C24H18N4O5S2. The number of rotatable bonds is 7. The molecule has 11 heteroatoms. The molecule has 2 amide bonds. The number of hydrogen-bond acceptors (Lipinski definition) is 8. The third kappa shape index (κ3) is 4.77. The van der Waals surface area contributed by atoms with Crippen LogP contribution in [0.4, 0.5) is 9.93 Å².